The summed E-state index contributed by atoms with van der Waals surface area (Å²) in [5, 5.41) is 5.77. The number of aromatic nitrogens is 1. The maximum atomic E-state index is 5.04. The second-order valence-corrected chi connectivity index (χ2v) is 5.33. The Hall–Kier alpha value is -1.13. The molecule has 0 atom stereocenters. The molecule has 0 fully saturated rings. The Morgan fingerprint density at radius 1 is 1.16 bits per heavy atom. The minimum Gasteiger partial charge on any atom is -0.385 e. The van der Waals surface area contributed by atoms with Crippen LogP contribution >= 0.6 is 15.9 Å². The molecule has 1 heterocycles. The van der Waals surface area contributed by atoms with Crippen LogP contribution < -0.4 is 5.32 Å². The Morgan fingerprint density at radius 3 is 2.89 bits per heavy atom. The van der Waals surface area contributed by atoms with Gasteiger partial charge in [-0.15, -0.1) is 0 Å². The molecule has 0 spiro atoms. The summed E-state index contributed by atoms with van der Waals surface area (Å²) in [6.07, 6.45) is 5.28. The van der Waals surface area contributed by atoms with E-state index in [-0.39, 0.29) is 0 Å². The lowest BCUT2D eigenvalue weighted by molar-refractivity contribution is 0.192. The van der Waals surface area contributed by atoms with E-state index in [0.717, 1.165) is 41.7 Å². The highest BCUT2D eigenvalue weighted by molar-refractivity contribution is 9.10. The first-order valence-corrected chi connectivity index (χ1v) is 7.38. The molecule has 0 saturated carbocycles. The van der Waals surface area contributed by atoms with Crippen LogP contribution in [0.2, 0.25) is 0 Å². The summed E-state index contributed by atoms with van der Waals surface area (Å²) in [6.45, 7) is 1.79. The molecule has 4 heteroatoms. The zero-order valence-corrected chi connectivity index (χ0v) is 12.7. The lowest BCUT2D eigenvalue weighted by Gasteiger charge is -2.09. The molecule has 2 aromatic rings. The number of pyridine rings is 1. The summed E-state index contributed by atoms with van der Waals surface area (Å²) < 4.78 is 6.15. The number of ether oxygens (including phenoxy) is 1. The number of nitrogens with one attached hydrogen (secondary N) is 1. The van der Waals surface area contributed by atoms with Crippen LogP contribution in [0.4, 0.5) is 5.82 Å². The van der Waals surface area contributed by atoms with Crippen LogP contribution in [0.5, 0.6) is 0 Å². The number of anilines is 1. The molecule has 1 aromatic heterocycles. The smallest absolute Gasteiger partial charge is 0.133 e. The predicted molar refractivity (Wildman–Crippen MR) is 83.7 cm³/mol. The van der Waals surface area contributed by atoms with Gasteiger partial charge in [0.2, 0.25) is 0 Å². The van der Waals surface area contributed by atoms with Crippen LogP contribution in [-0.2, 0) is 4.74 Å². The van der Waals surface area contributed by atoms with Crippen molar-refractivity contribution in [3.05, 3.63) is 34.9 Å². The van der Waals surface area contributed by atoms with E-state index in [1.165, 1.54) is 11.8 Å². The van der Waals surface area contributed by atoms with Crippen molar-refractivity contribution in [1.29, 1.82) is 0 Å². The molecular weight excluding hydrogens is 304 g/mol. The van der Waals surface area contributed by atoms with E-state index in [9.17, 15) is 0 Å². The van der Waals surface area contributed by atoms with Crippen molar-refractivity contribution in [3.63, 3.8) is 0 Å². The largest absolute Gasteiger partial charge is 0.385 e. The minimum absolute atomic E-state index is 0.847. The lowest BCUT2D eigenvalue weighted by atomic mass is 10.1. The SMILES string of the molecule is COCCCCCNc1nccc2c(Br)cccc12. The Kier molecular flexibility index (Phi) is 5.61. The number of nitrogens with zero attached hydrogens (tertiary/aromatic N) is 1. The molecule has 19 heavy (non-hydrogen) atoms. The molecule has 0 amide bonds. The number of hydrogen-bond acceptors (Lipinski definition) is 3. The Labute approximate surface area is 122 Å². The minimum atomic E-state index is 0.847. The fraction of sp³-hybridized carbons (Fsp3) is 0.400. The number of benzene rings is 1. The average Bonchev–Trinajstić information content (AvgIpc) is 2.43. The second-order valence-electron chi connectivity index (χ2n) is 4.47. The molecule has 1 N–H and O–H groups in total. The van der Waals surface area contributed by atoms with Gasteiger partial charge in [0.05, 0.1) is 0 Å². The molecular formula is C15H19BrN2O. The fourth-order valence-electron chi connectivity index (χ4n) is 2.06. The Bertz CT molecular complexity index is 531. The molecule has 3 nitrogen and oxygen atoms in total. The lowest BCUT2D eigenvalue weighted by Crippen LogP contribution is -2.04. The third kappa shape index (κ3) is 3.91. The van der Waals surface area contributed by atoms with Crippen molar-refractivity contribution < 1.29 is 4.74 Å². The summed E-state index contributed by atoms with van der Waals surface area (Å²) in [5.41, 5.74) is 0. The van der Waals surface area contributed by atoms with Gasteiger partial charge in [0.25, 0.3) is 0 Å². The molecule has 0 saturated heterocycles. The van der Waals surface area contributed by atoms with Crippen LogP contribution in [0.25, 0.3) is 10.8 Å². The quantitative estimate of drug-likeness (QED) is 0.775. The monoisotopic (exact) mass is 322 g/mol. The standard InChI is InChI=1S/C15H19BrN2O/c1-19-11-4-2-3-9-17-15-13-6-5-7-14(16)12(13)8-10-18-15/h5-8,10H,2-4,9,11H2,1H3,(H,17,18). The van der Waals surface area contributed by atoms with Crippen LogP contribution in [-0.4, -0.2) is 25.2 Å². The van der Waals surface area contributed by atoms with Gasteiger partial charge in [-0.05, 0) is 31.4 Å². The van der Waals surface area contributed by atoms with Crippen LogP contribution in [0.15, 0.2) is 34.9 Å². The first-order valence-electron chi connectivity index (χ1n) is 6.59. The topological polar surface area (TPSA) is 34.1 Å². The molecule has 0 bridgehead atoms. The van der Waals surface area contributed by atoms with E-state index < -0.39 is 0 Å². The second kappa shape index (κ2) is 7.46. The van der Waals surface area contributed by atoms with E-state index >= 15 is 0 Å². The van der Waals surface area contributed by atoms with Gasteiger partial charge in [0.15, 0.2) is 0 Å². The first kappa shape index (κ1) is 14.3. The van der Waals surface area contributed by atoms with Crippen LogP contribution in [0, 0.1) is 0 Å². The highest BCUT2D eigenvalue weighted by Gasteiger charge is 2.03. The normalized spacial score (nSPS) is 10.8. The fourth-order valence-corrected chi connectivity index (χ4v) is 2.56. The van der Waals surface area contributed by atoms with Gasteiger partial charge < -0.3 is 10.1 Å². The highest BCUT2D eigenvalue weighted by Crippen LogP contribution is 2.27. The van der Waals surface area contributed by atoms with Gasteiger partial charge in [0, 0.05) is 41.7 Å². The van der Waals surface area contributed by atoms with Crippen molar-refractivity contribution in [3.8, 4) is 0 Å². The molecule has 0 radical (unpaired) electrons. The van der Waals surface area contributed by atoms with Gasteiger partial charge >= 0.3 is 0 Å². The molecule has 0 unspecified atom stereocenters. The van der Waals surface area contributed by atoms with Crippen molar-refractivity contribution in [1.82, 2.24) is 4.98 Å². The number of rotatable bonds is 7. The molecule has 1 aromatic carbocycles. The summed E-state index contributed by atoms with van der Waals surface area (Å²) in [6, 6.07) is 8.22. The number of halogens is 1. The van der Waals surface area contributed by atoms with Gasteiger partial charge in [0.1, 0.15) is 5.82 Å². The number of fused-ring (bicyclic) bond motifs is 1. The van der Waals surface area contributed by atoms with Gasteiger partial charge in [-0.25, -0.2) is 4.98 Å². The highest BCUT2D eigenvalue weighted by atomic mass is 79.9. The molecule has 0 aliphatic heterocycles. The van der Waals surface area contributed by atoms with E-state index in [0.29, 0.717) is 0 Å². The van der Waals surface area contributed by atoms with Crippen molar-refractivity contribution in [2.75, 3.05) is 25.6 Å². The third-order valence-corrected chi connectivity index (χ3v) is 3.76. The number of methoxy groups -OCH3 is 1. The van der Waals surface area contributed by atoms with E-state index in [2.05, 4.69) is 38.4 Å². The molecule has 0 aliphatic carbocycles. The molecule has 2 rings (SSSR count). The number of unbranched alkanes of at least 4 members (excludes halogenated alkanes) is 2. The summed E-state index contributed by atoms with van der Waals surface area (Å²) in [4.78, 5) is 4.43. The summed E-state index contributed by atoms with van der Waals surface area (Å²) in [7, 11) is 1.75. The van der Waals surface area contributed by atoms with Crippen molar-refractivity contribution in [2.45, 2.75) is 19.3 Å². The van der Waals surface area contributed by atoms with Gasteiger partial charge in [-0.2, -0.15) is 0 Å². The third-order valence-electron chi connectivity index (χ3n) is 3.07. The van der Waals surface area contributed by atoms with Crippen LogP contribution in [0.1, 0.15) is 19.3 Å². The zero-order valence-electron chi connectivity index (χ0n) is 11.2. The van der Waals surface area contributed by atoms with E-state index in [1.807, 2.05) is 18.3 Å². The van der Waals surface area contributed by atoms with Crippen molar-refractivity contribution >= 4 is 32.5 Å². The summed E-state index contributed by atoms with van der Waals surface area (Å²) in [5.74, 6) is 0.963. The zero-order chi connectivity index (χ0) is 13.5. The van der Waals surface area contributed by atoms with E-state index in [1.54, 1.807) is 7.11 Å². The predicted octanol–water partition coefficient (Wildman–Crippen LogP) is 4.23. The van der Waals surface area contributed by atoms with Gasteiger partial charge in [-0.3, -0.25) is 0 Å². The summed E-state index contributed by atoms with van der Waals surface area (Å²) >= 11 is 3.57. The van der Waals surface area contributed by atoms with Gasteiger partial charge in [-0.1, -0.05) is 28.1 Å². The van der Waals surface area contributed by atoms with Crippen molar-refractivity contribution in [2.24, 2.45) is 0 Å². The Balaban J connectivity index is 1.95. The first-order chi connectivity index (χ1) is 9.33. The maximum Gasteiger partial charge on any atom is 0.133 e. The maximum absolute atomic E-state index is 5.04. The Morgan fingerprint density at radius 2 is 2.05 bits per heavy atom. The number of hydrogen-bond donors (Lipinski definition) is 1. The molecule has 0 aliphatic rings. The van der Waals surface area contributed by atoms with Crippen LogP contribution in [0.3, 0.4) is 0 Å². The van der Waals surface area contributed by atoms with E-state index in [4.69, 9.17) is 4.74 Å². The molecule has 102 valence electrons. The average molecular weight is 323 g/mol.